The van der Waals surface area contributed by atoms with Gasteiger partial charge in [-0.1, -0.05) is 20.8 Å². The highest BCUT2D eigenvalue weighted by Crippen LogP contribution is 2.69. The number of ketones is 2. The lowest BCUT2D eigenvalue weighted by atomic mass is 9.65. The predicted molar refractivity (Wildman–Crippen MR) is 54.4 cm³/mol. The normalized spacial score (nSPS) is 42.4. The number of carbonyl (C=O) groups excluding carboxylic acids is 3. The van der Waals surface area contributed by atoms with Crippen molar-refractivity contribution in [1.29, 1.82) is 0 Å². The van der Waals surface area contributed by atoms with Gasteiger partial charge in [0, 0.05) is 5.41 Å². The Labute approximate surface area is 93.2 Å². The topological polar surface area (TPSA) is 51.2 Å². The van der Waals surface area contributed by atoms with Gasteiger partial charge in [-0.15, -0.1) is 0 Å². The van der Waals surface area contributed by atoms with Crippen molar-refractivity contribution in [2.75, 3.05) is 0 Å². The third-order valence-electron chi connectivity index (χ3n) is 4.88. The van der Waals surface area contributed by atoms with Crippen molar-refractivity contribution < 1.29 is 14.4 Å². The fourth-order valence-electron chi connectivity index (χ4n) is 3.21. The van der Waals surface area contributed by atoms with Gasteiger partial charge in [-0.25, -0.2) is 0 Å². The van der Waals surface area contributed by atoms with E-state index < -0.39 is 33.1 Å². The zero-order valence-corrected chi connectivity index (χ0v) is 9.77. The van der Waals surface area contributed by atoms with Gasteiger partial charge in [0.15, 0.2) is 0 Å². The van der Waals surface area contributed by atoms with E-state index in [-0.39, 0.29) is 0 Å². The molecule has 2 saturated carbocycles. The largest absolute Gasteiger partial charge is 0.290 e. The predicted octanol–water partition coefficient (Wildman–Crippen LogP) is 1.72. The molecule has 0 spiro atoms. The molecule has 0 aromatic carbocycles. The van der Waals surface area contributed by atoms with Crippen LogP contribution in [0.1, 0.15) is 33.6 Å². The minimum absolute atomic E-state index is 0.406. The molecule has 2 bridgehead atoms. The van der Waals surface area contributed by atoms with Crippen LogP contribution in [-0.2, 0) is 14.4 Å². The second-order valence-electron chi connectivity index (χ2n) is 5.29. The van der Waals surface area contributed by atoms with E-state index in [0.29, 0.717) is 12.8 Å². The van der Waals surface area contributed by atoms with Gasteiger partial charge in [-0.3, -0.25) is 14.4 Å². The Hall–Kier alpha value is -0.700. The smallest absolute Gasteiger partial charge is 0.236 e. The summed E-state index contributed by atoms with van der Waals surface area (Å²) in [5.41, 5.74) is -2.64. The summed E-state index contributed by atoms with van der Waals surface area (Å²) in [5.74, 6) is -1.01. The summed E-state index contributed by atoms with van der Waals surface area (Å²) in [4.78, 5) is 35.3. The maximum absolute atomic E-state index is 11.9. The average Bonchev–Trinajstić information content (AvgIpc) is 2.39. The molecule has 0 radical (unpaired) electrons. The Morgan fingerprint density at radius 2 is 1.67 bits per heavy atom. The fourth-order valence-corrected chi connectivity index (χ4v) is 3.62. The van der Waals surface area contributed by atoms with Crippen molar-refractivity contribution in [3.05, 3.63) is 0 Å². The summed E-state index contributed by atoms with van der Waals surface area (Å²) >= 11 is 5.56. The quantitative estimate of drug-likeness (QED) is 0.390. The van der Waals surface area contributed by atoms with E-state index in [2.05, 4.69) is 0 Å². The number of Topliss-reactive ketones (excluding diaryl/α,β-unsaturated/α-hetero) is 2. The number of fused-ring (bicyclic) bond motifs is 2. The maximum Gasteiger partial charge on any atom is 0.236 e. The molecule has 0 aromatic heterocycles. The molecule has 2 fully saturated rings. The molecule has 82 valence electrons. The Balaban J connectivity index is 2.73. The monoisotopic (exact) mass is 228 g/mol. The Morgan fingerprint density at radius 1 is 1.13 bits per heavy atom. The molecule has 0 aromatic rings. The van der Waals surface area contributed by atoms with E-state index in [1.807, 2.05) is 0 Å². The summed E-state index contributed by atoms with van der Waals surface area (Å²) < 4.78 is 0. The van der Waals surface area contributed by atoms with Gasteiger partial charge >= 0.3 is 0 Å². The lowest BCUT2D eigenvalue weighted by molar-refractivity contribution is -0.146. The first-order valence-electron chi connectivity index (χ1n) is 5.01. The van der Waals surface area contributed by atoms with Crippen LogP contribution in [0.25, 0.3) is 0 Å². The van der Waals surface area contributed by atoms with Gasteiger partial charge in [0.2, 0.25) is 16.8 Å². The van der Waals surface area contributed by atoms with Crippen LogP contribution in [-0.4, -0.2) is 16.8 Å². The molecule has 0 N–H and O–H groups in total. The number of hydrogen-bond donors (Lipinski definition) is 0. The highest BCUT2D eigenvalue weighted by Gasteiger charge is 2.77. The first kappa shape index (κ1) is 10.8. The van der Waals surface area contributed by atoms with Crippen molar-refractivity contribution >= 4 is 28.4 Å². The fraction of sp³-hybridized carbons (Fsp3) is 0.727. The molecule has 15 heavy (non-hydrogen) atoms. The van der Waals surface area contributed by atoms with Crippen LogP contribution < -0.4 is 0 Å². The van der Waals surface area contributed by atoms with Crippen LogP contribution in [0.2, 0.25) is 0 Å². The van der Waals surface area contributed by atoms with Crippen LogP contribution in [0.3, 0.4) is 0 Å². The van der Waals surface area contributed by atoms with E-state index in [0.717, 1.165) is 0 Å². The van der Waals surface area contributed by atoms with E-state index in [1.165, 1.54) is 0 Å². The maximum atomic E-state index is 11.9. The number of hydrogen-bond acceptors (Lipinski definition) is 3. The molecule has 2 rings (SSSR count). The molecule has 0 heterocycles. The molecular weight excluding hydrogens is 216 g/mol. The van der Waals surface area contributed by atoms with Crippen LogP contribution >= 0.6 is 11.6 Å². The van der Waals surface area contributed by atoms with Gasteiger partial charge in [0.05, 0.1) is 0 Å². The van der Waals surface area contributed by atoms with Gasteiger partial charge in [-0.2, -0.15) is 0 Å². The third kappa shape index (κ3) is 0.792. The average molecular weight is 229 g/mol. The third-order valence-corrected chi connectivity index (χ3v) is 5.20. The van der Waals surface area contributed by atoms with Crippen LogP contribution in [0.15, 0.2) is 0 Å². The van der Waals surface area contributed by atoms with Crippen LogP contribution in [0.5, 0.6) is 0 Å². The SMILES string of the molecule is CC12CCC(C(=O)Cl)(C(=O)C1=O)C2(C)C. The minimum atomic E-state index is -1.26. The number of halogens is 1. The van der Waals surface area contributed by atoms with Gasteiger partial charge < -0.3 is 0 Å². The molecule has 0 saturated heterocycles. The van der Waals surface area contributed by atoms with Gasteiger partial charge in [0.25, 0.3) is 0 Å². The Kier molecular flexibility index (Phi) is 1.81. The lowest BCUT2D eigenvalue weighted by Gasteiger charge is -2.35. The van der Waals surface area contributed by atoms with E-state index >= 15 is 0 Å². The lowest BCUT2D eigenvalue weighted by Crippen LogP contribution is -2.42. The summed E-state index contributed by atoms with van der Waals surface area (Å²) in [6.45, 7) is 5.36. The molecular formula is C11H13ClO3. The summed E-state index contributed by atoms with van der Waals surface area (Å²) in [7, 11) is 0. The first-order chi connectivity index (χ1) is 6.72. The van der Waals surface area contributed by atoms with Crippen molar-refractivity contribution in [2.24, 2.45) is 16.2 Å². The molecule has 2 aliphatic carbocycles. The van der Waals surface area contributed by atoms with Crippen molar-refractivity contribution in [3.63, 3.8) is 0 Å². The molecule has 2 aliphatic rings. The Bertz CT molecular complexity index is 399. The van der Waals surface area contributed by atoms with Crippen LogP contribution in [0.4, 0.5) is 0 Å². The van der Waals surface area contributed by atoms with Gasteiger partial charge in [-0.05, 0) is 29.9 Å². The standard InChI is InChI=1S/C11H13ClO3/c1-9(2)10(3)4-5-11(9,8(12)15)7(14)6(10)13/h4-5H2,1-3H3. The summed E-state index contributed by atoms with van der Waals surface area (Å²) in [6.07, 6.45) is 0.979. The molecule has 0 aliphatic heterocycles. The highest BCUT2D eigenvalue weighted by molar-refractivity contribution is 6.70. The second kappa shape index (κ2) is 2.51. The zero-order chi connectivity index (χ0) is 11.6. The molecule has 2 unspecified atom stereocenters. The summed E-state index contributed by atoms with van der Waals surface area (Å²) in [6, 6.07) is 0. The van der Waals surface area contributed by atoms with Crippen molar-refractivity contribution in [3.8, 4) is 0 Å². The Morgan fingerprint density at radius 3 is 1.93 bits per heavy atom. The first-order valence-corrected chi connectivity index (χ1v) is 5.39. The van der Waals surface area contributed by atoms with E-state index in [4.69, 9.17) is 11.6 Å². The molecule has 2 atom stereocenters. The van der Waals surface area contributed by atoms with E-state index in [9.17, 15) is 14.4 Å². The molecule has 3 nitrogen and oxygen atoms in total. The number of rotatable bonds is 1. The van der Waals surface area contributed by atoms with Crippen molar-refractivity contribution in [2.45, 2.75) is 33.6 Å². The highest BCUT2D eigenvalue weighted by atomic mass is 35.5. The summed E-state index contributed by atoms with van der Waals surface area (Å²) in [5, 5.41) is -0.674. The minimum Gasteiger partial charge on any atom is -0.290 e. The van der Waals surface area contributed by atoms with Gasteiger partial charge in [0.1, 0.15) is 5.41 Å². The number of carbonyl (C=O) groups is 3. The van der Waals surface area contributed by atoms with Crippen molar-refractivity contribution in [1.82, 2.24) is 0 Å². The molecule has 4 heteroatoms. The van der Waals surface area contributed by atoms with E-state index in [1.54, 1.807) is 20.8 Å². The second-order valence-corrected chi connectivity index (χ2v) is 5.64. The zero-order valence-electron chi connectivity index (χ0n) is 9.02. The molecule has 0 amide bonds. The van der Waals surface area contributed by atoms with Crippen LogP contribution in [0, 0.1) is 16.2 Å².